The lowest BCUT2D eigenvalue weighted by Gasteiger charge is -2.20. The highest BCUT2D eigenvalue weighted by atomic mass is 19.4. The summed E-state index contributed by atoms with van der Waals surface area (Å²) in [6.45, 7) is 0. The smallest absolute Gasteiger partial charge is 0.405 e. The van der Waals surface area contributed by atoms with Crippen molar-refractivity contribution in [1.29, 1.82) is 0 Å². The van der Waals surface area contributed by atoms with Gasteiger partial charge in [0, 0.05) is 18.0 Å². The molecule has 0 saturated carbocycles. The standard InChI is InChI=1S/C14H14F3NO2/c15-14(16,17)20-12-4-2-1-3-9(12)13(19)10-7-8-5-6-11(10)18-8/h1-4,8,10-11,18H,5-7H2. The molecule has 1 aromatic carbocycles. The van der Waals surface area contributed by atoms with E-state index in [0.29, 0.717) is 12.5 Å². The number of fused-ring (bicyclic) bond motifs is 2. The SMILES string of the molecule is O=C(c1ccccc1OC(F)(F)F)C1CC2CCC1N2. The number of ether oxygens (including phenoxy) is 1. The van der Waals surface area contributed by atoms with Crippen LogP contribution in [0.1, 0.15) is 29.6 Å². The topological polar surface area (TPSA) is 38.3 Å². The summed E-state index contributed by atoms with van der Waals surface area (Å²) < 4.78 is 41.1. The van der Waals surface area contributed by atoms with Gasteiger partial charge >= 0.3 is 6.36 Å². The average Bonchev–Trinajstić information content (AvgIpc) is 2.99. The maximum atomic E-state index is 12.5. The first-order valence-corrected chi connectivity index (χ1v) is 6.59. The Morgan fingerprint density at radius 1 is 1.25 bits per heavy atom. The van der Waals surface area contributed by atoms with Crippen LogP contribution < -0.4 is 10.1 Å². The van der Waals surface area contributed by atoms with Crippen LogP contribution in [-0.2, 0) is 0 Å². The fraction of sp³-hybridized carbons (Fsp3) is 0.500. The third kappa shape index (κ3) is 2.52. The molecule has 20 heavy (non-hydrogen) atoms. The Bertz CT molecular complexity index is 529. The first kappa shape index (κ1) is 13.4. The number of rotatable bonds is 3. The molecule has 0 radical (unpaired) electrons. The molecule has 2 aliphatic rings. The van der Waals surface area contributed by atoms with Crippen molar-refractivity contribution in [2.45, 2.75) is 37.7 Å². The molecule has 0 aliphatic carbocycles. The van der Waals surface area contributed by atoms with Crippen LogP contribution in [0.2, 0.25) is 0 Å². The van der Waals surface area contributed by atoms with E-state index >= 15 is 0 Å². The number of Topliss-reactive ketones (excluding diaryl/α,β-unsaturated/α-hetero) is 1. The van der Waals surface area contributed by atoms with Crippen molar-refractivity contribution in [3.8, 4) is 5.75 Å². The minimum absolute atomic E-state index is 0.0178. The van der Waals surface area contributed by atoms with Gasteiger partial charge in [-0.15, -0.1) is 13.2 Å². The van der Waals surface area contributed by atoms with E-state index in [2.05, 4.69) is 10.1 Å². The van der Waals surface area contributed by atoms with Gasteiger partial charge in [-0.1, -0.05) is 12.1 Å². The zero-order chi connectivity index (χ0) is 14.3. The number of nitrogens with one attached hydrogen (secondary N) is 1. The molecule has 3 unspecified atom stereocenters. The molecule has 2 bridgehead atoms. The van der Waals surface area contributed by atoms with E-state index in [0.717, 1.165) is 12.8 Å². The van der Waals surface area contributed by atoms with Crippen LogP contribution in [0.5, 0.6) is 5.75 Å². The van der Waals surface area contributed by atoms with Crippen molar-refractivity contribution in [2.24, 2.45) is 5.92 Å². The minimum Gasteiger partial charge on any atom is -0.405 e. The first-order valence-electron chi connectivity index (χ1n) is 6.59. The van der Waals surface area contributed by atoms with Gasteiger partial charge in [0.1, 0.15) is 5.75 Å². The van der Waals surface area contributed by atoms with Crippen LogP contribution >= 0.6 is 0 Å². The van der Waals surface area contributed by atoms with Crippen molar-refractivity contribution >= 4 is 5.78 Å². The molecule has 2 aliphatic heterocycles. The lowest BCUT2D eigenvalue weighted by molar-refractivity contribution is -0.274. The molecule has 2 fully saturated rings. The van der Waals surface area contributed by atoms with Crippen LogP contribution in [0.4, 0.5) is 13.2 Å². The zero-order valence-electron chi connectivity index (χ0n) is 10.6. The van der Waals surface area contributed by atoms with E-state index in [1.54, 1.807) is 6.07 Å². The van der Waals surface area contributed by atoms with Crippen LogP contribution in [0.3, 0.4) is 0 Å². The molecule has 6 heteroatoms. The highest BCUT2D eigenvalue weighted by Gasteiger charge is 2.44. The molecule has 2 heterocycles. The molecule has 0 amide bonds. The third-order valence-corrected chi connectivity index (χ3v) is 4.02. The maximum Gasteiger partial charge on any atom is 0.573 e. The second-order valence-corrected chi connectivity index (χ2v) is 5.30. The lowest BCUT2D eigenvalue weighted by atomic mass is 9.83. The van der Waals surface area contributed by atoms with Crippen molar-refractivity contribution < 1.29 is 22.7 Å². The predicted molar refractivity (Wildman–Crippen MR) is 65.5 cm³/mol. The summed E-state index contributed by atoms with van der Waals surface area (Å²) in [7, 11) is 0. The van der Waals surface area contributed by atoms with Crippen molar-refractivity contribution in [3.05, 3.63) is 29.8 Å². The third-order valence-electron chi connectivity index (χ3n) is 4.02. The van der Waals surface area contributed by atoms with E-state index in [1.165, 1.54) is 18.2 Å². The van der Waals surface area contributed by atoms with Crippen LogP contribution in [-0.4, -0.2) is 24.2 Å². The number of hydrogen-bond acceptors (Lipinski definition) is 3. The van der Waals surface area contributed by atoms with Gasteiger partial charge in [-0.25, -0.2) is 0 Å². The molecule has 1 aromatic rings. The van der Waals surface area contributed by atoms with Crippen molar-refractivity contribution in [2.75, 3.05) is 0 Å². The van der Waals surface area contributed by atoms with Crippen molar-refractivity contribution in [3.63, 3.8) is 0 Å². The summed E-state index contributed by atoms with van der Waals surface area (Å²) in [5.41, 5.74) is 0.0178. The number of hydrogen-bond donors (Lipinski definition) is 1. The summed E-state index contributed by atoms with van der Waals surface area (Å²) in [6, 6.07) is 5.97. The summed E-state index contributed by atoms with van der Waals surface area (Å²) >= 11 is 0. The van der Waals surface area contributed by atoms with E-state index < -0.39 is 12.1 Å². The van der Waals surface area contributed by atoms with Crippen LogP contribution in [0, 0.1) is 5.92 Å². The number of alkyl halides is 3. The van der Waals surface area contributed by atoms with Gasteiger partial charge in [0.25, 0.3) is 0 Å². The lowest BCUT2D eigenvalue weighted by Crippen LogP contribution is -2.29. The van der Waals surface area contributed by atoms with E-state index in [1.807, 2.05) is 0 Å². The number of carbonyl (C=O) groups excluding carboxylic acids is 1. The van der Waals surface area contributed by atoms with Gasteiger partial charge in [0.2, 0.25) is 0 Å². The van der Waals surface area contributed by atoms with Gasteiger partial charge in [-0.2, -0.15) is 0 Å². The molecule has 3 rings (SSSR count). The average molecular weight is 285 g/mol. The van der Waals surface area contributed by atoms with E-state index in [4.69, 9.17) is 0 Å². The highest BCUT2D eigenvalue weighted by molar-refractivity contribution is 6.01. The Kier molecular flexibility index (Phi) is 3.20. The molecule has 0 spiro atoms. The minimum atomic E-state index is -4.79. The number of para-hydroxylation sites is 1. The van der Waals surface area contributed by atoms with Crippen LogP contribution in [0.25, 0.3) is 0 Å². The molecular formula is C14H14F3NO2. The Balaban J connectivity index is 1.84. The van der Waals surface area contributed by atoms with E-state index in [9.17, 15) is 18.0 Å². The monoisotopic (exact) mass is 285 g/mol. The Morgan fingerprint density at radius 3 is 2.60 bits per heavy atom. The largest absolute Gasteiger partial charge is 0.573 e. The molecule has 3 nitrogen and oxygen atoms in total. The molecular weight excluding hydrogens is 271 g/mol. The van der Waals surface area contributed by atoms with E-state index in [-0.39, 0.29) is 23.3 Å². The van der Waals surface area contributed by atoms with Gasteiger partial charge in [0.05, 0.1) is 5.56 Å². The summed E-state index contributed by atoms with van der Waals surface area (Å²) in [5, 5.41) is 3.31. The molecule has 0 aromatic heterocycles. The summed E-state index contributed by atoms with van der Waals surface area (Å²) in [5.74, 6) is -0.913. The molecule has 108 valence electrons. The Labute approximate surface area is 114 Å². The normalized spacial score (nSPS) is 28.6. The summed E-state index contributed by atoms with van der Waals surface area (Å²) in [4.78, 5) is 12.5. The van der Waals surface area contributed by atoms with Gasteiger partial charge in [-0.05, 0) is 31.4 Å². The zero-order valence-corrected chi connectivity index (χ0v) is 10.6. The van der Waals surface area contributed by atoms with Gasteiger partial charge < -0.3 is 10.1 Å². The van der Waals surface area contributed by atoms with Crippen LogP contribution in [0.15, 0.2) is 24.3 Å². The van der Waals surface area contributed by atoms with Crippen molar-refractivity contribution in [1.82, 2.24) is 5.32 Å². The number of halogens is 3. The number of ketones is 1. The second-order valence-electron chi connectivity index (χ2n) is 5.30. The number of carbonyl (C=O) groups is 1. The second kappa shape index (κ2) is 4.77. The molecule has 1 N–H and O–H groups in total. The number of benzene rings is 1. The van der Waals surface area contributed by atoms with Gasteiger partial charge in [0.15, 0.2) is 5.78 Å². The predicted octanol–water partition coefficient (Wildman–Crippen LogP) is 2.91. The summed E-state index contributed by atoms with van der Waals surface area (Å²) in [6.07, 6.45) is -2.15. The van der Waals surface area contributed by atoms with Gasteiger partial charge in [-0.3, -0.25) is 4.79 Å². The maximum absolute atomic E-state index is 12.5. The highest BCUT2D eigenvalue weighted by Crippen LogP contribution is 2.37. The molecule has 3 atom stereocenters. The fourth-order valence-corrected chi connectivity index (χ4v) is 3.20. The quantitative estimate of drug-likeness (QED) is 0.868. The Morgan fingerprint density at radius 2 is 2.00 bits per heavy atom. The molecule has 2 saturated heterocycles. The Hall–Kier alpha value is -1.56. The fourth-order valence-electron chi connectivity index (χ4n) is 3.20. The first-order chi connectivity index (χ1) is 9.44.